The van der Waals surface area contributed by atoms with Crippen LogP contribution < -0.4 is 0 Å². The number of allylic oxidation sites excluding steroid dienone is 2. The Morgan fingerprint density at radius 3 is 2.57 bits per heavy atom. The monoisotopic (exact) mass is 412 g/mol. The summed E-state index contributed by atoms with van der Waals surface area (Å²) in [6.45, 7) is 6.61. The third-order valence-corrected chi connectivity index (χ3v) is 5.58. The van der Waals surface area contributed by atoms with Crippen molar-refractivity contribution in [2.45, 2.75) is 52.1 Å². The molecule has 3 rings (SSSR count). The fourth-order valence-electron chi connectivity index (χ4n) is 4.09. The van der Waals surface area contributed by atoms with Gasteiger partial charge >= 0.3 is 12.1 Å². The minimum atomic E-state index is -0.789. The van der Waals surface area contributed by atoms with Crippen LogP contribution in [-0.4, -0.2) is 45.7 Å². The molecule has 6 nitrogen and oxygen atoms in total. The van der Waals surface area contributed by atoms with Gasteiger partial charge in [-0.15, -0.1) is 0 Å². The van der Waals surface area contributed by atoms with Crippen molar-refractivity contribution in [3.05, 3.63) is 48.2 Å². The summed E-state index contributed by atoms with van der Waals surface area (Å²) in [6.07, 6.45) is 8.14. The standard InChI is InChI=1S/C24H32N2O4/c1-24(2,3)30-23(29)26(16-19-9-5-4-8-17(19)14-22(27)28)13-12-18-15-25-21-11-7-6-10-20(18)21/h4-7,10-11,15,17,19,25H,8-9,12-14,16H2,1-3H3,(H,27,28)/t17-,19-/m1/s1. The van der Waals surface area contributed by atoms with Crippen molar-refractivity contribution in [2.75, 3.05) is 13.1 Å². The van der Waals surface area contributed by atoms with E-state index in [0.717, 1.165) is 29.3 Å². The minimum Gasteiger partial charge on any atom is -0.481 e. The number of hydrogen-bond donors (Lipinski definition) is 2. The zero-order valence-electron chi connectivity index (χ0n) is 18.1. The van der Waals surface area contributed by atoms with E-state index in [9.17, 15) is 14.7 Å². The Labute approximate surface area is 177 Å². The van der Waals surface area contributed by atoms with Crippen LogP contribution in [0.5, 0.6) is 0 Å². The Morgan fingerprint density at radius 1 is 1.17 bits per heavy atom. The molecule has 1 aliphatic carbocycles. The molecule has 0 saturated carbocycles. The van der Waals surface area contributed by atoms with E-state index < -0.39 is 11.6 Å². The summed E-state index contributed by atoms with van der Waals surface area (Å²) in [6, 6.07) is 8.12. The Bertz CT molecular complexity index is 909. The number of aromatic nitrogens is 1. The van der Waals surface area contributed by atoms with Gasteiger partial charge in [-0.2, -0.15) is 0 Å². The zero-order chi connectivity index (χ0) is 21.7. The molecule has 0 aliphatic heterocycles. The van der Waals surface area contributed by atoms with Crippen LogP contribution in [0.4, 0.5) is 4.79 Å². The van der Waals surface area contributed by atoms with Crippen molar-refractivity contribution in [1.82, 2.24) is 9.88 Å². The molecule has 0 saturated heterocycles. The molecule has 30 heavy (non-hydrogen) atoms. The number of carboxylic acids is 1. The summed E-state index contributed by atoms with van der Waals surface area (Å²) >= 11 is 0. The average molecular weight is 413 g/mol. The van der Waals surface area contributed by atoms with E-state index in [2.05, 4.69) is 17.1 Å². The first-order valence-electron chi connectivity index (χ1n) is 10.6. The molecule has 1 aromatic carbocycles. The number of para-hydroxylation sites is 1. The first kappa shape index (κ1) is 21.9. The molecule has 2 aromatic rings. The lowest BCUT2D eigenvalue weighted by molar-refractivity contribution is -0.138. The van der Waals surface area contributed by atoms with E-state index in [4.69, 9.17) is 4.74 Å². The predicted molar refractivity (Wildman–Crippen MR) is 117 cm³/mol. The summed E-state index contributed by atoms with van der Waals surface area (Å²) < 4.78 is 5.66. The number of ether oxygens (including phenoxy) is 1. The molecule has 2 atom stereocenters. The maximum atomic E-state index is 12.9. The highest BCUT2D eigenvalue weighted by atomic mass is 16.6. The van der Waals surface area contributed by atoms with E-state index in [1.165, 1.54) is 0 Å². The number of benzene rings is 1. The third-order valence-electron chi connectivity index (χ3n) is 5.58. The molecule has 0 spiro atoms. The van der Waals surface area contributed by atoms with Gasteiger partial charge in [0.15, 0.2) is 0 Å². The van der Waals surface area contributed by atoms with Crippen molar-refractivity contribution in [3.8, 4) is 0 Å². The van der Waals surface area contributed by atoms with Gasteiger partial charge in [0.05, 0.1) is 0 Å². The highest BCUT2D eigenvalue weighted by Crippen LogP contribution is 2.30. The van der Waals surface area contributed by atoms with Crippen molar-refractivity contribution in [2.24, 2.45) is 11.8 Å². The number of carboxylic acid groups (broad SMARTS) is 1. The molecule has 0 unspecified atom stereocenters. The van der Waals surface area contributed by atoms with Gasteiger partial charge in [0.1, 0.15) is 5.60 Å². The van der Waals surface area contributed by atoms with Crippen LogP contribution in [0.25, 0.3) is 10.9 Å². The van der Waals surface area contributed by atoms with Crippen molar-refractivity contribution in [3.63, 3.8) is 0 Å². The topological polar surface area (TPSA) is 82.6 Å². The van der Waals surface area contributed by atoms with Gasteiger partial charge in [-0.3, -0.25) is 4.79 Å². The van der Waals surface area contributed by atoms with Crippen LogP contribution in [0.3, 0.4) is 0 Å². The lowest BCUT2D eigenvalue weighted by Gasteiger charge is -2.34. The number of nitrogens with zero attached hydrogens (tertiary/aromatic N) is 1. The van der Waals surface area contributed by atoms with Crippen LogP contribution in [-0.2, 0) is 16.0 Å². The number of fused-ring (bicyclic) bond motifs is 1. The number of carbonyl (C=O) groups excluding carboxylic acids is 1. The molecule has 6 heteroatoms. The van der Waals surface area contributed by atoms with Crippen LogP contribution >= 0.6 is 0 Å². The average Bonchev–Trinajstić information content (AvgIpc) is 3.07. The predicted octanol–water partition coefficient (Wildman–Crippen LogP) is 5.00. The van der Waals surface area contributed by atoms with Gasteiger partial charge in [0, 0.05) is 36.6 Å². The highest BCUT2D eigenvalue weighted by Gasteiger charge is 2.30. The first-order valence-corrected chi connectivity index (χ1v) is 10.6. The molecule has 0 bridgehead atoms. The molecule has 0 radical (unpaired) electrons. The van der Waals surface area contributed by atoms with Crippen LogP contribution in [0.1, 0.15) is 45.6 Å². The number of H-pyrrole nitrogens is 1. The zero-order valence-corrected chi connectivity index (χ0v) is 18.1. The third kappa shape index (κ3) is 5.88. The van der Waals surface area contributed by atoms with E-state index >= 15 is 0 Å². The second kappa shape index (κ2) is 9.37. The molecule has 1 aliphatic rings. The summed E-state index contributed by atoms with van der Waals surface area (Å²) in [5.74, 6) is -0.643. The van der Waals surface area contributed by atoms with E-state index in [0.29, 0.717) is 19.5 Å². The lowest BCUT2D eigenvalue weighted by atomic mass is 9.80. The van der Waals surface area contributed by atoms with Crippen molar-refractivity contribution in [1.29, 1.82) is 0 Å². The summed E-state index contributed by atoms with van der Waals surface area (Å²) in [7, 11) is 0. The molecular weight excluding hydrogens is 380 g/mol. The second-order valence-corrected chi connectivity index (χ2v) is 9.10. The number of carbonyl (C=O) groups is 2. The largest absolute Gasteiger partial charge is 0.481 e. The lowest BCUT2D eigenvalue weighted by Crippen LogP contribution is -2.42. The summed E-state index contributed by atoms with van der Waals surface area (Å²) in [5.41, 5.74) is 1.66. The molecule has 1 amide bonds. The van der Waals surface area contributed by atoms with E-state index in [1.54, 1.807) is 4.90 Å². The Balaban J connectivity index is 1.75. The maximum absolute atomic E-state index is 12.9. The fourth-order valence-corrected chi connectivity index (χ4v) is 4.09. The van der Waals surface area contributed by atoms with Gasteiger partial charge in [-0.05, 0) is 63.5 Å². The van der Waals surface area contributed by atoms with Gasteiger partial charge in [0.25, 0.3) is 0 Å². The van der Waals surface area contributed by atoms with Crippen molar-refractivity contribution >= 4 is 23.0 Å². The van der Waals surface area contributed by atoms with Crippen LogP contribution in [0.2, 0.25) is 0 Å². The van der Waals surface area contributed by atoms with Crippen molar-refractivity contribution < 1.29 is 19.4 Å². The van der Waals surface area contributed by atoms with Gasteiger partial charge in [-0.1, -0.05) is 30.4 Å². The SMILES string of the molecule is CC(C)(C)OC(=O)N(CCc1c[nH]c2ccccc12)C[C@H]1CC=CC[C@@H]1CC(=O)O. The minimum absolute atomic E-state index is 0.0329. The molecule has 2 N–H and O–H groups in total. The molecule has 0 fully saturated rings. The number of aliphatic carboxylic acids is 1. The Morgan fingerprint density at radius 2 is 1.87 bits per heavy atom. The molecular formula is C24H32N2O4. The maximum Gasteiger partial charge on any atom is 0.410 e. The van der Waals surface area contributed by atoms with Gasteiger partial charge in [0.2, 0.25) is 0 Å². The Hall–Kier alpha value is -2.76. The second-order valence-electron chi connectivity index (χ2n) is 9.10. The van der Waals surface area contributed by atoms with E-state index in [1.807, 2.05) is 51.2 Å². The normalized spacial score (nSPS) is 19.0. The summed E-state index contributed by atoms with van der Waals surface area (Å²) in [5, 5.41) is 10.4. The van der Waals surface area contributed by atoms with E-state index in [-0.39, 0.29) is 24.3 Å². The molecule has 1 heterocycles. The quantitative estimate of drug-likeness (QED) is 0.627. The number of amides is 1. The Kier molecular flexibility index (Phi) is 6.85. The molecule has 162 valence electrons. The van der Waals surface area contributed by atoms with Crippen LogP contribution in [0, 0.1) is 11.8 Å². The molecule has 1 aromatic heterocycles. The number of rotatable bonds is 7. The number of hydrogen-bond acceptors (Lipinski definition) is 3. The van der Waals surface area contributed by atoms with Gasteiger partial charge in [-0.25, -0.2) is 4.79 Å². The van der Waals surface area contributed by atoms with Crippen LogP contribution in [0.15, 0.2) is 42.6 Å². The number of nitrogens with one attached hydrogen (secondary N) is 1. The smallest absolute Gasteiger partial charge is 0.410 e. The number of aromatic amines is 1. The highest BCUT2D eigenvalue weighted by molar-refractivity contribution is 5.83. The first-order chi connectivity index (χ1) is 14.2. The fraction of sp³-hybridized carbons (Fsp3) is 0.500. The summed E-state index contributed by atoms with van der Waals surface area (Å²) in [4.78, 5) is 29.3. The van der Waals surface area contributed by atoms with Gasteiger partial charge < -0.3 is 19.7 Å².